The lowest BCUT2D eigenvalue weighted by molar-refractivity contribution is -0.385. The number of nitrogens with zero attached hydrogens (tertiary/aromatic N) is 1. The predicted molar refractivity (Wildman–Crippen MR) is 86.8 cm³/mol. The summed E-state index contributed by atoms with van der Waals surface area (Å²) in [6.07, 6.45) is 1.90. The molecule has 0 saturated heterocycles. The smallest absolute Gasteiger partial charge is 0.274 e. The van der Waals surface area contributed by atoms with Crippen LogP contribution >= 0.6 is 15.9 Å². The molecule has 1 aliphatic rings. The van der Waals surface area contributed by atoms with E-state index in [-0.39, 0.29) is 16.7 Å². The van der Waals surface area contributed by atoms with Gasteiger partial charge in [0.05, 0.1) is 10.6 Å². The Bertz CT molecular complexity index is 690. The first-order valence-electron chi connectivity index (χ1n) is 6.82. The summed E-state index contributed by atoms with van der Waals surface area (Å²) in [5, 5.41) is 14.5. The van der Waals surface area contributed by atoms with Crippen molar-refractivity contribution in [2.24, 2.45) is 0 Å². The van der Waals surface area contributed by atoms with Crippen LogP contribution in [-0.2, 0) is 12.8 Å². The lowest BCUT2D eigenvalue weighted by Crippen LogP contribution is -2.19. The molecule has 0 fully saturated rings. The van der Waals surface area contributed by atoms with E-state index in [2.05, 4.69) is 33.4 Å². The number of hydrogen-bond acceptors (Lipinski definition) is 3. The van der Waals surface area contributed by atoms with Gasteiger partial charge in [0, 0.05) is 22.1 Å². The van der Waals surface area contributed by atoms with Crippen LogP contribution in [0.3, 0.4) is 0 Å². The molecule has 2 aromatic carbocycles. The molecule has 0 bridgehead atoms. The van der Waals surface area contributed by atoms with Crippen molar-refractivity contribution in [3.05, 3.63) is 67.7 Å². The highest BCUT2D eigenvalue weighted by molar-refractivity contribution is 9.10. The van der Waals surface area contributed by atoms with Crippen molar-refractivity contribution < 1.29 is 4.92 Å². The Balaban J connectivity index is 1.83. The average molecular weight is 347 g/mol. The van der Waals surface area contributed by atoms with Gasteiger partial charge in [0.25, 0.3) is 5.69 Å². The van der Waals surface area contributed by atoms with Crippen molar-refractivity contribution in [3.8, 4) is 0 Å². The van der Waals surface area contributed by atoms with Gasteiger partial charge < -0.3 is 5.32 Å². The average Bonchev–Trinajstić information content (AvgIpc) is 2.83. The van der Waals surface area contributed by atoms with Gasteiger partial charge in [0.15, 0.2) is 0 Å². The third kappa shape index (κ3) is 2.78. The van der Waals surface area contributed by atoms with E-state index < -0.39 is 0 Å². The summed E-state index contributed by atoms with van der Waals surface area (Å²) in [5.74, 6) is 0. The lowest BCUT2D eigenvalue weighted by atomic mass is 10.1. The highest BCUT2D eigenvalue weighted by atomic mass is 79.9. The molecule has 5 heteroatoms. The van der Waals surface area contributed by atoms with Crippen LogP contribution in [-0.4, -0.2) is 11.0 Å². The summed E-state index contributed by atoms with van der Waals surface area (Å²) in [4.78, 5) is 10.7. The standard InChI is InChI=1S/C16H15BrN2O2/c1-10-6-14(17)15(9-16(10)19(20)21)18-13-7-11-4-2-3-5-12(11)8-13/h2-6,9,13,18H,7-8H2,1H3. The molecular weight excluding hydrogens is 332 g/mol. The van der Waals surface area contributed by atoms with E-state index >= 15 is 0 Å². The zero-order valence-corrected chi connectivity index (χ0v) is 13.2. The number of hydrogen-bond donors (Lipinski definition) is 1. The Morgan fingerprint density at radius 2 is 1.86 bits per heavy atom. The topological polar surface area (TPSA) is 55.2 Å². The maximum atomic E-state index is 11.1. The van der Waals surface area contributed by atoms with Crippen molar-refractivity contribution in [1.29, 1.82) is 0 Å². The first kappa shape index (κ1) is 14.1. The maximum Gasteiger partial charge on any atom is 0.274 e. The minimum Gasteiger partial charge on any atom is -0.381 e. The predicted octanol–water partition coefficient (Wildman–Crippen LogP) is 4.25. The second kappa shape index (κ2) is 5.48. The molecule has 0 saturated carbocycles. The largest absolute Gasteiger partial charge is 0.381 e. The molecule has 0 amide bonds. The molecule has 0 heterocycles. The Morgan fingerprint density at radius 3 is 2.43 bits per heavy atom. The summed E-state index contributed by atoms with van der Waals surface area (Å²) in [6, 6.07) is 12.1. The number of rotatable bonds is 3. The van der Waals surface area contributed by atoms with E-state index in [1.807, 2.05) is 12.1 Å². The van der Waals surface area contributed by atoms with Gasteiger partial charge in [0.2, 0.25) is 0 Å². The number of benzene rings is 2. The molecule has 0 unspecified atom stereocenters. The third-order valence-electron chi connectivity index (χ3n) is 3.89. The Hall–Kier alpha value is -1.88. The fraction of sp³-hybridized carbons (Fsp3) is 0.250. The second-order valence-electron chi connectivity index (χ2n) is 5.39. The Kier molecular flexibility index (Phi) is 3.68. The van der Waals surface area contributed by atoms with Gasteiger partial charge >= 0.3 is 0 Å². The highest BCUT2D eigenvalue weighted by Gasteiger charge is 2.22. The molecule has 1 aliphatic carbocycles. The fourth-order valence-corrected chi connectivity index (χ4v) is 3.42. The molecular formula is C16H15BrN2O2. The number of anilines is 1. The van der Waals surface area contributed by atoms with Crippen LogP contribution in [0.4, 0.5) is 11.4 Å². The van der Waals surface area contributed by atoms with Gasteiger partial charge in [-0.25, -0.2) is 0 Å². The lowest BCUT2D eigenvalue weighted by Gasteiger charge is -2.15. The quantitative estimate of drug-likeness (QED) is 0.667. The summed E-state index contributed by atoms with van der Waals surface area (Å²) in [7, 11) is 0. The second-order valence-corrected chi connectivity index (χ2v) is 6.25. The summed E-state index contributed by atoms with van der Waals surface area (Å²) in [5.41, 5.74) is 4.30. The van der Waals surface area contributed by atoms with Crippen molar-refractivity contribution in [2.45, 2.75) is 25.8 Å². The van der Waals surface area contributed by atoms with Crippen molar-refractivity contribution in [2.75, 3.05) is 5.32 Å². The van der Waals surface area contributed by atoms with Gasteiger partial charge in [-0.15, -0.1) is 0 Å². The zero-order valence-electron chi connectivity index (χ0n) is 11.6. The highest BCUT2D eigenvalue weighted by Crippen LogP contribution is 2.33. The summed E-state index contributed by atoms with van der Waals surface area (Å²) < 4.78 is 0.863. The van der Waals surface area contributed by atoms with Gasteiger partial charge in [-0.3, -0.25) is 10.1 Å². The first-order valence-corrected chi connectivity index (χ1v) is 7.62. The number of halogens is 1. The Labute approximate surface area is 131 Å². The summed E-state index contributed by atoms with van der Waals surface area (Å²) in [6.45, 7) is 1.75. The van der Waals surface area contributed by atoms with Crippen LogP contribution in [0.25, 0.3) is 0 Å². The van der Waals surface area contributed by atoms with E-state index in [9.17, 15) is 10.1 Å². The van der Waals surface area contributed by atoms with Crippen molar-refractivity contribution in [1.82, 2.24) is 0 Å². The molecule has 3 rings (SSSR count). The van der Waals surface area contributed by atoms with E-state index in [0.717, 1.165) is 23.0 Å². The third-order valence-corrected chi connectivity index (χ3v) is 4.55. The van der Waals surface area contributed by atoms with Gasteiger partial charge in [-0.1, -0.05) is 24.3 Å². The molecule has 1 N–H and O–H groups in total. The van der Waals surface area contributed by atoms with E-state index in [4.69, 9.17) is 0 Å². The van der Waals surface area contributed by atoms with Gasteiger partial charge in [-0.2, -0.15) is 0 Å². The molecule has 21 heavy (non-hydrogen) atoms. The van der Waals surface area contributed by atoms with Crippen LogP contribution in [0, 0.1) is 17.0 Å². The number of aryl methyl sites for hydroxylation is 1. The maximum absolute atomic E-state index is 11.1. The number of nitro groups is 1. The minimum absolute atomic E-state index is 0.149. The van der Waals surface area contributed by atoms with Gasteiger partial charge in [0.1, 0.15) is 0 Å². The molecule has 2 aromatic rings. The summed E-state index contributed by atoms with van der Waals surface area (Å²) >= 11 is 3.49. The van der Waals surface area contributed by atoms with Crippen LogP contribution in [0.5, 0.6) is 0 Å². The van der Waals surface area contributed by atoms with Crippen LogP contribution in [0.1, 0.15) is 16.7 Å². The van der Waals surface area contributed by atoms with Crippen molar-refractivity contribution in [3.63, 3.8) is 0 Å². The number of fused-ring (bicyclic) bond motifs is 1. The van der Waals surface area contributed by atoms with E-state index in [1.165, 1.54) is 11.1 Å². The van der Waals surface area contributed by atoms with E-state index in [1.54, 1.807) is 19.1 Å². The molecule has 4 nitrogen and oxygen atoms in total. The first-order chi connectivity index (χ1) is 10.0. The monoisotopic (exact) mass is 346 g/mol. The number of nitro benzene ring substituents is 1. The SMILES string of the molecule is Cc1cc(Br)c(NC2Cc3ccccc3C2)cc1[N+](=O)[O-]. The minimum atomic E-state index is -0.337. The molecule has 0 radical (unpaired) electrons. The zero-order chi connectivity index (χ0) is 15.0. The molecule has 0 aromatic heterocycles. The fourth-order valence-electron chi connectivity index (χ4n) is 2.85. The number of nitrogens with one attached hydrogen (secondary N) is 1. The normalized spacial score (nSPS) is 14.0. The van der Waals surface area contributed by atoms with Crippen LogP contribution in [0.15, 0.2) is 40.9 Å². The molecule has 0 aliphatic heterocycles. The van der Waals surface area contributed by atoms with Crippen LogP contribution < -0.4 is 5.32 Å². The van der Waals surface area contributed by atoms with E-state index in [0.29, 0.717) is 5.56 Å². The van der Waals surface area contributed by atoms with Crippen molar-refractivity contribution >= 4 is 27.3 Å². The Morgan fingerprint density at radius 1 is 1.24 bits per heavy atom. The molecule has 0 atom stereocenters. The van der Waals surface area contributed by atoms with Gasteiger partial charge in [-0.05, 0) is 52.9 Å². The molecule has 108 valence electrons. The van der Waals surface area contributed by atoms with Crippen LogP contribution in [0.2, 0.25) is 0 Å². The molecule has 0 spiro atoms.